The SMILES string of the molecule is CCCNc1cc(SCCC(=O)OC)nc(C)n1. The molecule has 1 heterocycles. The van der Waals surface area contributed by atoms with Gasteiger partial charge in [0.25, 0.3) is 0 Å². The van der Waals surface area contributed by atoms with Crippen LogP contribution in [0.3, 0.4) is 0 Å². The molecular weight excluding hydrogens is 250 g/mol. The normalized spacial score (nSPS) is 10.2. The molecule has 6 heteroatoms. The van der Waals surface area contributed by atoms with Crippen molar-refractivity contribution in [2.24, 2.45) is 0 Å². The maximum Gasteiger partial charge on any atom is 0.306 e. The molecule has 18 heavy (non-hydrogen) atoms. The third kappa shape index (κ3) is 5.35. The van der Waals surface area contributed by atoms with Gasteiger partial charge in [0.15, 0.2) is 0 Å². The van der Waals surface area contributed by atoms with E-state index >= 15 is 0 Å². The number of rotatable bonds is 7. The summed E-state index contributed by atoms with van der Waals surface area (Å²) in [6.45, 7) is 4.86. The summed E-state index contributed by atoms with van der Waals surface area (Å²) < 4.78 is 4.59. The molecule has 0 aromatic carbocycles. The van der Waals surface area contributed by atoms with E-state index in [0.29, 0.717) is 12.2 Å². The minimum Gasteiger partial charge on any atom is -0.469 e. The van der Waals surface area contributed by atoms with Gasteiger partial charge in [-0.3, -0.25) is 4.79 Å². The maximum absolute atomic E-state index is 11.0. The van der Waals surface area contributed by atoms with E-state index in [0.717, 1.165) is 29.6 Å². The standard InChI is InChI=1S/C12H19N3O2S/c1-4-6-13-10-8-11(15-9(2)14-10)18-7-5-12(16)17-3/h8H,4-7H2,1-3H3,(H,13,14,15). The number of carbonyl (C=O) groups excluding carboxylic acids is 1. The Hall–Kier alpha value is -1.30. The first-order chi connectivity index (χ1) is 8.65. The monoisotopic (exact) mass is 269 g/mol. The number of hydrogen-bond acceptors (Lipinski definition) is 6. The van der Waals surface area contributed by atoms with Crippen LogP contribution in [0.1, 0.15) is 25.6 Å². The molecule has 0 aliphatic rings. The molecule has 0 spiro atoms. The topological polar surface area (TPSA) is 64.1 Å². The summed E-state index contributed by atoms with van der Waals surface area (Å²) in [6, 6.07) is 1.91. The van der Waals surface area contributed by atoms with Gasteiger partial charge in [0, 0.05) is 18.4 Å². The van der Waals surface area contributed by atoms with E-state index in [1.165, 1.54) is 18.9 Å². The first-order valence-electron chi connectivity index (χ1n) is 5.95. The molecule has 0 atom stereocenters. The minimum atomic E-state index is -0.197. The number of nitrogens with one attached hydrogen (secondary N) is 1. The number of esters is 1. The zero-order chi connectivity index (χ0) is 13.4. The van der Waals surface area contributed by atoms with E-state index < -0.39 is 0 Å². The fraction of sp³-hybridized carbons (Fsp3) is 0.583. The largest absolute Gasteiger partial charge is 0.469 e. The van der Waals surface area contributed by atoms with Crippen molar-refractivity contribution < 1.29 is 9.53 Å². The van der Waals surface area contributed by atoms with E-state index in [4.69, 9.17) is 0 Å². The third-order valence-corrected chi connectivity index (χ3v) is 3.07. The van der Waals surface area contributed by atoms with Gasteiger partial charge < -0.3 is 10.1 Å². The zero-order valence-corrected chi connectivity index (χ0v) is 11.8. The van der Waals surface area contributed by atoms with Gasteiger partial charge in [-0.25, -0.2) is 9.97 Å². The van der Waals surface area contributed by atoms with Gasteiger partial charge in [0.2, 0.25) is 0 Å². The van der Waals surface area contributed by atoms with E-state index in [9.17, 15) is 4.79 Å². The number of ether oxygens (including phenoxy) is 1. The van der Waals surface area contributed by atoms with Crippen molar-refractivity contribution in [3.8, 4) is 0 Å². The van der Waals surface area contributed by atoms with E-state index in [1.807, 2.05) is 13.0 Å². The van der Waals surface area contributed by atoms with Crippen LogP contribution in [-0.4, -0.2) is 35.3 Å². The van der Waals surface area contributed by atoms with Crippen LogP contribution in [0.5, 0.6) is 0 Å². The highest BCUT2D eigenvalue weighted by Crippen LogP contribution is 2.19. The first-order valence-corrected chi connectivity index (χ1v) is 6.93. The summed E-state index contributed by atoms with van der Waals surface area (Å²) in [4.78, 5) is 19.6. The molecular formula is C12H19N3O2S. The average Bonchev–Trinajstić information content (AvgIpc) is 2.35. The maximum atomic E-state index is 11.0. The van der Waals surface area contributed by atoms with Crippen LogP contribution in [0.15, 0.2) is 11.1 Å². The van der Waals surface area contributed by atoms with Crippen LogP contribution in [0, 0.1) is 6.92 Å². The summed E-state index contributed by atoms with van der Waals surface area (Å²) in [7, 11) is 1.40. The second kappa shape index (κ2) is 7.92. The Morgan fingerprint density at radius 3 is 2.94 bits per heavy atom. The number of carbonyl (C=O) groups is 1. The van der Waals surface area contributed by atoms with Crippen molar-refractivity contribution in [3.05, 3.63) is 11.9 Å². The van der Waals surface area contributed by atoms with E-state index in [1.54, 1.807) is 0 Å². The molecule has 0 aliphatic carbocycles. The Morgan fingerprint density at radius 1 is 1.50 bits per heavy atom. The highest BCUT2D eigenvalue weighted by Gasteiger charge is 2.04. The van der Waals surface area contributed by atoms with Crippen LogP contribution < -0.4 is 5.32 Å². The van der Waals surface area contributed by atoms with Crippen molar-refractivity contribution in [1.29, 1.82) is 0 Å². The summed E-state index contributed by atoms with van der Waals surface area (Å²) >= 11 is 1.53. The third-order valence-electron chi connectivity index (χ3n) is 2.15. The van der Waals surface area contributed by atoms with Crippen molar-refractivity contribution in [2.75, 3.05) is 24.7 Å². The lowest BCUT2D eigenvalue weighted by Gasteiger charge is -2.07. The lowest BCUT2D eigenvalue weighted by Crippen LogP contribution is -2.05. The van der Waals surface area contributed by atoms with Gasteiger partial charge in [0.05, 0.1) is 13.5 Å². The number of anilines is 1. The number of aromatic nitrogens is 2. The van der Waals surface area contributed by atoms with Crippen LogP contribution in [-0.2, 0) is 9.53 Å². The van der Waals surface area contributed by atoms with Gasteiger partial charge >= 0.3 is 5.97 Å². The Balaban J connectivity index is 2.54. The lowest BCUT2D eigenvalue weighted by molar-refractivity contribution is -0.140. The molecule has 0 radical (unpaired) electrons. The molecule has 0 bridgehead atoms. The molecule has 0 fully saturated rings. The van der Waals surface area contributed by atoms with Crippen LogP contribution in [0.4, 0.5) is 5.82 Å². The number of nitrogens with zero attached hydrogens (tertiary/aromatic N) is 2. The molecule has 1 rings (SSSR count). The van der Waals surface area contributed by atoms with Crippen LogP contribution in [0.25, 0.3) is 0 Å². The second-order valence-corrected chi connectivity index (χ2v) is 4.86. The van der Waals surface area contributed by atoms with Crippen molar-refractivity contribution in [3.63, 3.8) is 0 Å². The quantitative estimate of drug-likeness (QED) is 0.465. The average molecular weight is 269 g/mol. The zero-order valence-electron chi connectivity index (χ0n) is 11.0. The molecule has 0 unspecified atom stereocenters. The molecule has 5 nitrogen and oxygen atoms in total. The van der Waals surface area contributed by atoms with Gasteiger partial charge in [0.1, 0.15) is 16.7 Å². The second-order valence-electron chi connectivity index (χ2n) is 3.74. The van der Waals surface area contributed by atoms with Crippen molar-refractivity contribution >= 4 is 23.5 Å². The fourth-order valence-electron chi connectivity index (χ4n) is 1.30. The summed E-state index contributed by atoms with van der Waals surface area (Å²) in [5, 5.41) is 4.11. The summed E-state index contributed by atoms with van der Waals surface area (Å²) in [5.41, 5.74) is 0. The Labute approximate surface area is 112 Å². The molecule has 1 aromatic heterocycles. The molecule has 1 aromatic rings. The number of hydrogen-bond donors (Lipinski definition) is 1. The van der Waals surface area contributed by atoms with Gasteiger partial charge in [-0.1, -0.05) is 6.92 Å². The Kier molecular flexibility index (Phi) is 6.49. The number of aryl methyl sites for hydroxylation is 1. The van der Waals surface area contributed by atoms with Gasteiger partial charge in [-0.05, 0) is 13.3 Å². The highest BCUT2D eigenvalue weighted by atomic mass is 32.2. The van der Waals surface area contributed by atoms with E-state index in [2.05, 4.69) is 26.9 Å². The van der Waals surface area contributed by atoms with Crippen LogP contribution >= 0.6 is 11.8 Å². The number of thioether (sulfide) groups is 1. The Bertz CT molecular complexity index is 399. The molecule has 0 saturated heterocycles. The molecule has 100 valence electrons. The number of methoxy groups -OCH3 is 1. The molecule has 0 amide bonds. The predicted molar refractivity (Wildman–Crippen MR) is 72.9 cm³/mol. The predicted octanol–water partition coefficient (Wildman–Crippen LogP) is 2.26. The van der Waals surface area contributed by atoms with Gasteiger partial charge in [-0.2, -0.15) is 0 Å². The fourth-order valence-corrected chi connectivity index (χ4v) is 2.17. The summed E-state index contributed by atoms with van der Waals surface area (Å²) in [6.07, 6.45) is 1.44. The van der Waals surface area contributed by atoms with Crippen molar-refractivity contribution in [2.45, 2.75) is 31.7 Å². The van der Waals surface area contributed by atoms with Crippen LogP contribution in [0.2, 0.25) is 0 Å². The Morgan fingerprint density at radius 2 is 2.28 bits per heavy atom. The minimum absolute atomic E-state index is 0.197. The van der Waals surface area contributed by atoms with Crippen molar-refractivity contribution in [1.82, 2.24) is 9.97 Å². The smallest absolute Gasteiger partial charge is 0.306 e. The lowest BCUT2D eigenvalue weighted by atomic mass is 10.4. The molecule has 1 N–H and O–H groups in total. The summed E-state index contributed by atoms with van der Waals surface area (Å²) in [5.74, 6) is 2.04. The van der Waals surface area contributed by atoms with Gasteiger partial charge in [-0.15, -0.1) is 11.8 Å². The highest BCUT2D eigenvalue weighted by molar-refractivity contribution is 7.99. The van der Waals surface area contributed by atoms with E-state index in [-0.39, 0.29) is 5.97 Å². The molecule has 0 saturated carbocycles. The molecule has 0 aliphatic heterocycles. The first kappa shape index (κ1) is 14.8.